The van der Waals surface area contributed by atoms with Gasteiger partial charge < -0.3 is 0 Å². The van der Waals surface area contributed by atoms with E-state index in [-0.39, 0.29) is 17.1 Å². The molecule has 4 rings (SSSR count). The second-order valence-electron chi connectivity index (χ2n) is 5.99. The van der Waals surface area contributed by atoms with Gasteiger partial charge >= 0.3 is 5.82 Å². The highest BCUT2D eigenvalue weighted by atomic mass is 16.6. The van der Waals surface area contributed by atoms with E-state index in [2.05, 4.69) is 10.2 Å². The van der Waals surface area contributed by atoms with Crippen molar-refractivity contribution in [2.45, 2.75) is 0 Å². The molecule has 0 unspecified atom stereocenters. The summed E-state index contributed by atoms with van der Waals surface area (Å²) in [6.07, 6.45) is 0. The van der Waals surface area contributed by atoms with E-state index in [0.717, 1.165) is 6.07 Å². The molecule has 4 aromatic rings. The fourth-order valence-electron chi connectivity index (χ4n) is 2.82. The SMILES string of the molecule is O=[N+]([O-])c1ccc(-c2nn(-c3ccccc3)[n+](-c3ccccc3)n2)c([N+](=O)[O-])c1. The van der Waals surface area contributed by atoms with Gasteiger partial charge in [0.15, 0.2) is 5.69 Å². The molecule has 0 radical (unpaired) electrons. The summed E-state index contributed by atoms with van der Waals surface area (Å²) < 4.78 is 0. The van der Waals surface area contributed by atoms with Gasteiger partial charge in [0, 0.05) is 10.9 Å². The zero-order valence-corrected chi connectivity index (χ0v) is 14.8. The van der Waals surface area contributed by atoms with Gasteiger partial charge in [0.1, 0.15) is 11.3 Å². The first kappa shape index (κ1) is 17.9. The minimum Gasteiger partial charge on any atom is -0.258 e. The van der Waals surface area contributed by atoms with Gasteiger partial charge in [-0.25, -0.2) is 0 Å². The number of non-ortho nitro benzene ring substituents is 1. The summed E-state index contributed by atoms with van der Waals surface area (Å²) >= 11 is 0. The van der Waals surface area contributed by atoms with Gasteiger partial charge in [0.05, 0.1) is 21.0 Å². The summed E-state index contributed by atoms with van der Waals surface area (Å²) in [7, 11) is 0. The fourth-order valence-corrected chi connectivity index (χ4v) is 2.82. The highest BCUT2D eigenvalue weighted by Gasteiger charge is 2.30. The van der Waals surface area contributed by atoms with Crippen molar-refractivity contribution in [1.82, 2.24) is 15.0 Å². The number of tetrazole rings is 1. The van der Waals surface area contributed by atoms with E-state index in [4.69, 9.17) is 0 Å². The number of nitro benzene ring substituents is 2. The molecular weight excluding hydrogens is 376 g/mol. The van der Waals surface area contributed by atoms with E-state index in [1.165, 1.54) is 21.7 Å². The lowest BCUT2D eigenvalue weighted by molar-refractivity contribution is -0.734. The maximum atomic E-state index is 11.5. The van der Waals surface area contributed by atoms with Crippen molar-refractivity contribution in [3.63, 3.8) is 0 Å². The largest absolute Gasteiger partial charge is 0.346 e. The summed E-state index contributed by atoms with van der Waals surface area (Å²) in [5, 5.41) is 31.4. The summed E-state index contributed by atoms with van der Waals surface area (Å²) in [5.74, 6) is 0.0688. The topological polar surface area (TPSA) is 121 Å². The first-order valence-corrected chi connectivity index (χ1v) is 8.48. The number of aromatic nitrogens is 4. The average Bonchev–Trinajstić information content (AvgIpc) is 3.20. The average molecular weight is 389 g/mol. The van der Waals surface area contributed by atoms with Crippen LogP contribution in [0.1, 0.15) is 0 Å². The Hall–Kier alpha value is -4.47. The number of benzene rings is 3. The van der Waals surface area contributed by atoms with Crippen molar-refractivity contribution in [2.75, 3.05) is 0 Å². The quantitative estimate of drug-likeness (QED) is 0.294. The molecule has 0 spiro atoms. The monoisotopic (exact) mass is 389 g/mol. The van der Waals surface area contributed by atoms with Crippen LogP contribution in [0.4, 0.5) is 11.4 Å². The van der Waals surface area contributed by atoms with E-state index in [1.807, 2.05) is 60.7 Å². The van der Waals surface area contributed by atoms with Crippen molar-refractivity contribution in [3.8, 4) is 22.8 Å². The maximum Gasteiger partial charge on any atom is 0.346 e. The second-order valence-corrected chi connectivity index (χ2v) is 5.99. The molecule has 0 saturated heterocycles. The summed E-state index contributed by atoms with van der Waals surface area (Å²) in [6.45, 7) is 0. The van der Waals surface area contributed by atoms with E-state index >= 15 is 0 Å². The molecule has 1 aromatic heterocycles. The molecule has 0 fully saturated rings. The highest BCUT2D eigenvalue weighted by Crippen LogP contribution is 2.30. The Morgan fingerprint density at radius 2 is 1.48 bits per heavy atom. The molecule has 0 bridgehead atoms. The van der Waals surface area contributed by atoms with Crippen molar-refractivity contribution >= 4 is 11.4 Å². The van der Waals surface area contributed by atoms with Crippen LogP contribution in [0, 0.1) is 20.2 Å². The van der Waals surface area contributed by atoms with E-state index in [0.29, 0.717) is 11.4 Å². The minimum absolute atomic E-state index is 0.0688. The lowest BCUT2D eigenvalue weighted by atomic mass is 10.1. The molecule has 0 aliphatic rings. The summed E-state index contributed by atoms with van der Waals surface area (Å²) in [5.41, 5.74) is 0.655. The van der Waals surface area contributed by atoms with Crippen LogP contribution in [0.15, 0.2) is 78.9 Å². The molecule has 0 amide bonds. The third-order valence-electron chi connectivity index (χ3n) is 4.16. The maximum absolute atomic E-state index is 11.5. The lowest BCUT2D eigenvalue weighted by Gasteiger charge is -1.98. The van der Waals surface area contributed by atoms with E-state index in [9.17, 15) is 20.2 Å². The van der Waals surface area contributed by atoms with E-state index < -0.39 is 15.5 Å². The normalized spacial score (nSPS) is 10.6. The standard InChI is InChI=1S/C19H13N6O4/c26-24(27)16-11-12-17(18(13-16)25(28)29)19-20-22(14-7-3-1-4-8-14)23(21-19)15-9-5-2-6-10-15/h1-13H/q+1. The third kappa shape index (κ3) is 3.41. The van der Waals surface area contributed by atoms with Crippen molar-refractivity contribution in [1.29, 1.82) is 0 Å². The number of para-hydroxylation sites is 2. The zero-order valence-electron chi connectivity index (χ0n) is 14.8. The Balaban J connectivity index is 1.94. The van der Waals surface area contributed by atoms with Gasteiger partial charge in [-0.1, -0.05) is 36.4 Å². The second kappa shape index (κ2) is 7.27. The first-order chi connectivity index (χ1) is 14.0. The van der Waals surface area contributed by atoms with Gasteiger partial charge in [0.25, 0.3) is 11.4 Å². The molecule has 0 saturated carbocycles. The van der Waals surface area contributed by atoms with Crippen LogP contribution < -0.4 is 4.80 Å². The Morgan fingerprint density at radius 3 is 2.10 bits per heavy atom. The van der Waals surface area contributed by atoms with Crippen LogP contribution in [-0.2, 0) is 0 Å². The summed E-state index contributed by atoms with van der Waals surface area (Å²) in [6, 6.07) is 21.7. The molecule has 10 heteroatoms. The number of nitrogens with zero attached hydrogens (tertiary/aromatic N) is 6. The zero-order chi connectivity index (χ0) is 20.4. The number of hydrogen-bond acceptors (Lipinski definition) is 6. The van der Waals surface area contributed by atoms with Crippen LogP contribution in [0.25, 0.3) is 22.8 Å². The molecule has 3 aromatic carbocycles. The molecule has 0 N–H and O–H groups in total. The summed E-state index contributed by atoms with van der Waals surface area (Å²) in [4.78, 5) is 24.2. The van der Waals surface area contributed by atoms with Crippen LogP contribution in [0.2, 0.25) is 0 Å². The third-order valence-corrected chi connectivity index (χ3v) is 4.16. The molecule has 0 atom stereocenters. The fraction of sp³-hybridized carbons (Fsp3) is 0. The first-order valence-electron chi connectivity index (χ1n) is 8.48. The van der Waals surface area contributed by atoms with Crippen LogP contribution >= 0.6 is 0 Å². The van der Waals surface area contributed by atoms with Crippen molar-refractivity contribution in [3.05, 3.63) is 99.1 Å². The van der Waals surface area contributed by atoms with Crippen LogP contribution in [-0.4, -0.2) is 24.8 Å². The van der Waals surface area contributed by atoms with Crippen LogP contribution in [0.5, 0.6) is 0 Å². The molecule has 142 valence electrons. The molecule has 10 nitrogen and oxygen atoms in total. The molecule has 0 aliphatic carbocycles. The highest BCUT2D eigenvalue weighted by molar-refractivity contribution is 5.70. The Labute approximate surface area is 163 Å². The molecule has 29 heavy (non-hydrogen) atoms. The smallest absolute Gasteiger partial charge is 0.258 e. The van der Waals surface area contributed by atoms with Gasteiger partial charge in [-0.15, -0.1) is 0 Å². The molecule has 1 heterocycles. The number of nitro groups is 2. The van der Waals surface area contributed by atoms with Crippen LogP contribution in [0.3, 0.4) is 0 Å². The van der Waals surface area contributed by atoms with Gasteiger partial charge in [0.2, 0.25) is 0 Å². The van der Waals surface area contributed by atoms with Crippen molar-refractivity contribution in [2.24, 2.45) is 0 Å². The lowest BCUT2D eigenvalue weighted by Crippen LogP contribution is -2.43. The predicted molar refractivity (Wildman–Crippen MR) is 102 cm³/mol. The Morgan fingerprint density at radius 1 is 0.828 bits per heavy atom. The Bertz CT molecular complexity index is 1150. The molecular formula is C19H13N6O4+. The molecule has 0 aliphatic heterocycles. The van der Waals surface area contributed by atoms with Gasteiger partial charge in [-0.3, -0.25) is 20.2 Å². The number of hydrogen-bond donors (Lipinski definition) is 0. The number of rotatable bonds is 5. The predicted octanol–water partition coefficient (Wildman–Crippen LogP) is 3.03. The van der Waals surface area contributed by atoms with Crippen molar-refractivity contribution < 1.29 is 14.6 Å². The van der Waals surface area contributed by atoms with Gasteiger partial charge in [-0.2, -0.15) is 0 Å². The van der Waals surface area contributed by atoms with E-state index in [1.54, 1.807) is 0 Å². The Kier molecular flexibility index (Phi) is 4.49. The minimum atomic E-state index is -0.684. The van der Waals surface area contributed by atoms with Gasteiger partial charge in [-0.05, 0) is 40.2 Å².